The number of carbonyl (C=O) groups excluding carboxylic acids is 2. The van der Waals surface area contributed by atoms with Crippen LogP contribution in [-0.4, -0.2) is 37.0 Å². The molecule has 2 aliphatic heterocycles. The van der Waals surface area contributed by atoms with E-state index in [1.54, 1.807) is 57.2 Å². The largest absolute Gasteiger partial charge is 0.334 e. The molecule has 0 aromatic heterocycles. The van der Waals surface area contributed by atoms with Crippen molar-refractivity contribution < 1.29 is 31.2 Å². The predicted molar refractivity (Wildman–Crippen MR) is 124 cm³/mol. The zero-order valence-electron chi connectivity index (χ0n) is 18.2. The standard InChI is InChI=1S/C22H22FNO4S.CF2S/c1-21(2)15-10-14(19(25)11-22(3)12-29(27,28)13-22)8-9-17(15)24(20(21)26)18-7-5-4-6-16(18)23;2-1(3)4/h4-10H,11-13H2,1-3H3;. The van der Waals surface area contributed by atoms with E-state index in [1.165, 1.54) is 11.0 Å². The molecule has 0 aliphatic carbocycles. The monoisotopic (exact) mass is 497 g/mol. The Kier molecular flexibility index (Phi) is 6.56. The number of anilines is 2. The molecule has 2 aliphatic rings. The summed E-state index contributed by atoms with van der Waals surface area (Å²) in [5.74, 6) is -0.885. The molecule has 0 saturated carbocycles. The number of rotatable bonds is 4. The number of Topliss-reactive ketones (excluding diaryl/α,β-unsaturated/α-hetero) is 1. The molecule has 2 aromatic rings. The molecular formula is C23H22F3NO4S2. The maximum Gasteiger partial charge on any atom is 0.334 e. The Morgan fingerprint density at radius 3 is 2.18 bits per heavy atom. The van der Waals surface area contributed by atoms with E-state index in [0.29, 0.717) is 16.8 Å². The van der Waals surface area contributed by atoms with Gasteiger partial charge in [0, 0.05) is 17.4 Å². The van der Waals surface area contributed by atoms with Crippen molar-refractivity contribution in [2.45, 2.75) is 32.6 Å². The van der Waals surface area contributed by atoms with Crippen molar-refractivity contribution in [3.05, 3.63) is 59.4 Å². The Morgan fingerprint density at radius 2 is 1.64 bits per heavy atom. The van der Waals surface area contributed by atoms with Gasteiger partial charge in [0.25, 0.3) is 0 Å². The average molecular weight is 498 g/mol. The molecule has 10 heteroatoms. The lowest BCUT2D eigenvalue weighted by molar-refractivity contribution is -0.121. The minimum atomic E-state index is -3.03. The van der Waals surface area contributed by atoms with Gasteiger partial charge in [0.15, 0.2) is 15.6 Å². The van der Waals surface area contributed by atoms with Gasteiger partial charge < -0.3 is 0 Å². The van der Waals surface area contributed by atoms with Crippen LogP contribution in [0.2, 0.25) is 0 Å². The van der Waals surface area contributed by atoms with Crippen LogP contribution >= 0.6 is 12.2 Å². The van der Waals surface area contributed by atoms with Crippen molar-refractivity contribution in [1.82, 2.24) is 0 Å². The molecule has 2 heterocycles. The number of hydrogen-bond acceptors (Lipinski definition) is 5. The van der Waals surface area contributed by atoms with Crippen molar-refractivity contribution in [3.63, 3.8) is 0 Å². The summed E-state index contributed by atoms with van der Waals surface area (Å²) in [5.41, 5.74) is 0.361. The van der Waals surface area contributed by atoms with Crippen molar-refractivity contribution in [2.24, 2.45) is 5.41 Å². The second-order valence-electron chi connectivity index (χ2n) is 9.12. The topological polar surface area (TPSA) is 71.5 Å². The molecule has 0 N–H and O–H groups in total. The van der Waals surface area contributed by atoms with E-state index < -0.39 is 31.9 Å². The van der Waals surface area contributed by atoms with Crippen LogP contribution in [-0.2, 0) is 20.0 Å². The number of thiocarbonyl (C=S) groups is 1. The number of fused-ring (bicyclic) bond motifs is 1. The number of ketones is 1. The fourth-order valence-electron chi connectivity index (χ4n) is 4.39. The van der Waals surface area contributed by atoms with Crippen LogP contribution in [0.25, 0.3) is 0 Å². The minimum absolute atomic E-state index is 0.0156. The van der Waals surface area contributed by atoms with Crippen molar-refractivity contribution in [3.8, 4) is 0 Å². The van der Waals surface area contributed by atoms with Crippen LogP contribution < -0.4 is 4.90 Å². The first-order chi connectivity index (χ1) is 15.2. The van der Waals surface area contributed by atoms with Crippen molar-refractivity contribution >= 4 is 50.5 Å². The summed E-state index contributed by atoms with van der Waals surface area (Å²) in [6.45, 7) is 5.30. The Morgan fingerprint density at radius 1 is 1.06 bits per heavy atom. The average Bonchev–Trinajstić information content (AvgIpc) is 2.86. The summed E-state index contributed by atoms with van der Waals surface area (Å²) in [7, 11) is -3.03. The number of halogens is 3. The lowest BCUT2D eigenvalue weighted by Crippen LogP contribution is -2.47. The SMILES string of the molecule is CC1(CC(=O)c2ccc3c(c2)C(C)(C)C(=O)N3c2ccccc2F)CS(=O)(=O)C1.FC(F)=S. The van der Waals surface area contributed by atoms with Gasteiger partial charge in [0.1, 0.15) is 5.82 Å². The Bertz CT molecular complexity index is 1240. The molecule has 0 radical (unpaired) electrons. The second-order valence-corrected chi connectivity index (χ2v) is 11.5. The van der Waals surface area contributed by atoms with Gasteiger partial charge in [-0.15, -0.1) is 0 Å². The van der Waals surface area contributed by atoms with Crippen molar-refractivity contribution in [1.29, 1.82) is 0 Å². The van der Waals surface area contributed by atoms with Gasteiger partial charge in [0.05, 0.1) is 28.3 Å². The normalized spacial score (nSPS) is 19.1. The van der Waals surface area contributed by atoms with Gasteiger partial charge >= 0.3 is 5.37 Å². The van der Waals surface area contributed by atoms with E-state index in [4.69, 9.17) is 0 Å². The van der Waals surface area contributed by atoms with Crippen LogP contribution in [0.3, 0.4) is 0 Å². The van der Waals surface area contributed by atoms with E-state index in [0.717, 1.165) is 0 Å². The Labute approximate surface area is 195 Å². The van der Waals surface area contributed by atoms with Gasteiger partial charge in [-0.25, -0.2) is 12.8 Å². The van der Waals surface area contributed by atoms with Gasteiger partial charge in [0.2, 0.25) is 5.91 Å². The molecule has 1 fully saturated rings. The fourth-order valence-corrected chi connectivity index (χ4v) is 6.64. The minimum Gasteiger partial charge on any atom is -0.294 e. The van der Waals surface area contributed by atoms with Gasteiger partial charge in [-0.1, -0.05) is 19.1 Å². The number of nitrogens with zero attached hydrogens (tertiary/aromatic N) is 1. The second kappa shape index (κ2) is 8.64. The predicted octanol–water partition coefficient (Wildman–Crippen LogP) is 5.00. The third-order valence-corrected chi connectivity index (χ3v) is 8.06. The maximum absolute atomic E-state index is 14.4. The quantitative estimate of drug-likeness (QED) is 0.338. The summed E-state index contributed by atoms with van der Waals surface area (Å²) in [6.07, 6.45) is 0.135. The number of benzene rings is 2. The van der Waals surface area contributed by atoms with E-state index in [9.17, 15) is 31.2 Å². The summed E-state index contributed by atoms with van der Waals surface area (Å²) in [5, 5.41) is -2.00. The molecule has 0 bridgehead atoms. The van der Waals surface area contributed by atoms with Crippen LogP contribution in [0, 0.1) is 11.2 Å². The zero-order chi connectivity index (χ0) is 24.8. The molecule has 33 heavy (non-hydrogen) atoms. The third-order valence-electron chi connectivity index (χ3n) is 5.79. The first-order valence-electron chi connectivity index (χ1n) is 9.99. The molecule has 1 amide bonds. The number of para-hydroxylation sites is 1. The molecule has 176 valence electrons. The first-order valence-corrected chi connectivity index (χ1v) is 12.2. The van der Waals surface area contributed by atoms with Crippen LogP contribution in [0.5, 0.6) is 0 Å². The number of carbonyl (C=O) groups is 2. The molecule has 0 spiro atoms. The van der Waals surface area contributed by atoms with E-state index >= 15 is 0 Å². The highest BCUT2D eigenvalue weighted by Gasteiger charge is 2.47. The lowest BCUT2D eigenvalue weighted by atomic mass is 9.83. The van der Waals surface area contributed by atoms with Gasteiger partial charge in [-0.2, -0.15) is 8.78 Å². The number of hydrogen-bond donors (Lipinski definition) is 0. The van der Waals surface area contributed by atoms with Crippen LogP contribution in [0.4, 0.5) is 24.5 Å². The van der Waals surface area contributed by atoms with Crippen LogP contribution in [0.15, 0.2) is 42.5 Å². The fraction of sp³-hybridized carbons (Fsp3) is 0.348. The van der Waals surface area contributed by atoms with E-state index in [2.05, 4.69) is 12.2 Å². The first kappa shape index (κ1) is 25.0. The van der Waals surface area contributed by atoms with Crippen LogP contribution in [0.1, 0.15) is 43.1 Å². The highest BCUT2D eigenvalue weighted by atomic mass is 32.2. The molecule has 0 unspecified atom stereocenters. The summed E-state index contributed by atoms with van der Waals surface area (Å²) in [6, 6.07) is 11.1. The molecule has 4 rings (SSSR count). The Hall–Kier alpha value is -2.59. The number of sulfone groups is 1. The summed E-state index contributed by atoms with van der Waals surface area (Å²) >= 11 is 3.20. The molecule has 1 saturated heterocycles. The maximum atomic E-state index is 14.4. The Balaban J connectivity index is 0.000000709. The number of amides is 1. The van der Waals surface area contributed by atoms with E-state index in [1.807, 2.05) is 0 Å². The van der Waals surface area contributed by atoms with Gasteiger partial charge in [-0.3, -0.25) is 14.5 Å². The molecule has 5 nitrogen and oxygen atoms in total. The summed E-state index contributed by atoms with van der Waals surface area (Å²) in [4.78, 5) is 27.2. The molecule has 0 atom stereocenters. The molecular weight excluding hydrogens is 475 g/mol. The zero-order valence-corrected chi connectivity index (χ0v) is 19.8. The highest BCUT2D eigenvalue weighted by molar-refractivity contribution is 7.92. The van der Waals surface area contributed by atoms with Crippen molar-refractivity contribution in [2.75, 3.05) is 16.4 Å². The third kappa shape index (κ3) is 5.01. The highest BCUT2D eigenvalue weighted by Crippen LogP contribution is 2.46. The molecule has 2 aromatic carbocycles. The lowest BCUT2D eigenvalue weighted by Gasteiger charge is -2.37. The summed E-state index contributed by atoms with van der Waals surface area (Å²) < 4.78 is 57.5. The van der Waals surface area contributed by atoms with E-state index in [-0.39, 0.29) is 35.3 Å². The van der Waals surface area contributed by atoms with Gasteiger partial charge in [-0.05, 0) is 62.0 Å². The smallest absolute Gasteiger partial charge is 0.294 e.